The number of hydrogen-bond donors (Lipinski definition) is 2. The molecule has 2 aromatic rings. The molecule has 1 aromatic heterocycles. The van der Waals surface area contributed by atoms with E-state index in [1.54, 1.807) is 0 Å². The SMILES string of the molecule is O=C(NC12CC3C[C@H](C1)C(=O)[C@@H](C3)C2)c1n[nH]c2ccccc12. The molecule has 1 amide bonds. The topological polar surface area (TPSA) is 74.8 Å². The van der Waals surface area contributed by atoms with E-state index in [1.807, 2.05) is 24.3 Å². The van der Waals surface area contributed by atoms with Crippen LogP contribution in [0, 0.1) is 17.8 Å². The Morgan fingerprint density at radius 3 is 2.70 bits per heavy atom. The molecule has 4 saturated carbocycles. The molecule has 0 saturated heterocycles. The van der Waals surface area contributed by atoms with Gasteiger partial charge in [0.15, 0.2) is 5.69 Å². The summed E-state index contributed by atoms with van der Waals surface area (Å²) in [6.45, 7) is 0. The van der Waals surface area contributed by atoms with Gasteiger partial charge in [0.05, 0.1) is 5.52 Å². The molecule has 0 aliphatic heterocycles. The second kappa shape index (κ2) is 4.43. The van der Waals surface area contributed by atoms with Crippen molar-refractivity contribution in [1.82, 2.24) is 15.5 Å². The Labute approximate surface area is 133 Å². The van der Waals surface area contributed by atoms with Gasteiger partial charge >= 0.3 is 0 Å². The number of rotatable bonds is 2. The maximum atomic E-state index is 12.8. The zero-order valence-corrected chi connectivity index (χ0v) is 12.8. The van der Waals surface area contributed by atoms with Gasteiger partial charge in [-0.25, -0.2) is 0 Å². The van der Waals surface area contributed by atoms with Crippen molar-refractivity contribution in [3.8, 4) is 0 Å². The third-order valence-electron chi connectivity index (χ3n) is 6.06. The van der Waals surface area contributed by atoms with Crippen molar-refractivity contribution in [2.75, 3.05) is 0 Å². The van der Waals surface area contributed by atoms with Crippen molar-refractivity contribution in [3.05, 3.63) is 30.0 Å². The number of ketones is 1. The van der Waals surface area contributed by atoms with Crippen molar-refractivity contribution in [1.29, 1.82) is 0 Å². The van der Waals surface area contributed by atoms with Crippen LogP contribution in [-0.4, -0.2) is 27.4 Å². The average molecular weight is 309 g/mol. The summed E-state index contributed by atoms with van der Waals surface area (Å²) in [4.78, 5) is 25.1. The monoisotopic (exact) mass is 309 g/mol. The van der Waals surface area contributed by atoms with Gasteiger partial charge in [-0.15, -0.1) is 0 Å². The van der Waals surface area contributed by atoms with Gasteiger partial charge in [0, 0.05) is 22.8 Å². The van der Waals surface area contributed by atoms with E-state index in [0.29, 0.717) is 17.4 Å². The first-order valence-corrected chi connectivity index (χ1v) is 8.43. The Bertz CT molecular complexity index is 807. The average Bonchev–Trinajstić information content (AvgIpc) is 2.95. The number of aromatic amines is 1. The third-order valence-corrected chi connectivity index (χ3v) is 6.06. The summed E-state index contributed by atoms with van der Waals surface area (Å²) in [6.07, 6.45) is 4.69. The van der Waals surface area contributed by atoms with Gasteiger partial charge in [0.1, 0.15) is 5.78 Å². The largest absolute Gasteiger partial charge is 0.345 e. The lowest BCUT2D eigenvalue weighted by Gasteiger charge is -2.55. The van der Waals surface area contributed by atoms with Crippen LogP contribution in [-0.2, 0) is 4.79 Å². The lowest BCUT2D eigenvalue weighted by atomic mass is 9.52. The van der Waals surface area contributed by atoms with Gasteiger partial charge in [-0.3, -0.25) is 14.7 Å². The first kappa shape index (κ1) is 13.3. The third kappa shape index (κ3) is 1.89. The lowest BCUT2D eigenvalue weighted by Crippen LogP contribution is -2.62. The fourth-order valence-electron chi connectivity index (χ4n) is 5.34. The predicted octanol–water partition coefficient (Wildman–Crippen LogP) is 2.44. The van der Waals surface area contributed by atoms with E-state index in [2.05, 4.69) is 15.5 Å². The molecule has 4 bridgehead atoms. The van der Waals surface area contributed by atoms with Crippen LogP contribution < -0.4 is 5.32 Å². The van der Waals surface area contributed by atoms with Gasteiger partial charge in [-0.1, -0.05) is 18.2 Å². The Morgan fingerprint density at radius 2 is 1.91 bits per heavy atom. The van der Waals surface area contributed by atoms with E-state index in [-0.39, 0.29) is 23.3 Å². The predicted molar refractivity (Wildman–Crippen MR) is 84.9 cm³/mol. The molecule has 5 nitrogen and oxygen atoms in total. The van der Waals surface area contributed by atoms with Gasteiger partial charge in [0.2, 0.25) is 0 Å². The summed E-state index contributed by atoms with van der Waals surface area (Å²) in [7, 11) is 0. The number of hydrogen-bond acceptors (Lipinski definition) is 3. The van der Waals surface area contributed by atoms with Gasteiger partial charge in [-0.2, -0.15) is 5.10 Å². The summed E-state index contributed by atoms with van der Waals surface area (Å²) in [5.41, 5.74) is 1.14. The minimum Gasteiger partial charge on any atom is -0.345 e. The molecular weight excluding hydrogens is 290 g/mol. The van der Waals surface area contributed by atoms with Gasteiger partial charge in [-0.05, 0) is 44.1 Å². The molecule has 4 atom stereocenters. The number of fused-ring (bicyclic) bond motifs is 1. The van der Waals surface area contributed by atoms with Crippen molar-refractivity contribution < 1.29 is 9.59 Å². The molecule has 0 radical (unpaired) electrons. The Hall–Kier alpha value is -2.17. The number of Topliss-reactive ketones (excluding diaryl/α,β-unsaturated/α-hetero) is 1. The molecule has 1 aromatic carbocycles. The van der Waals surface area contributed by atoms with E-state index in [9.17, 15) is 9.59 Å². The molecule has 4 aliphatic carbocycles. The molecule has 118 valence electrons. The minimum absolute atomic E-state index is 0.114. The molecule has 4 aliphatic rings. The highest BCUT2D eigenvalue weighted by molar-refractivity contribution is 6.05. The van der Waals surface area contributed by atoms with E-state index in [1.165, 1.54) is 0 Å². The highest BCUT2D eigenvalue weighted by Crippen LogP contribution is 2.54. The number of nitrogens with one attached hydrogen (secondary N) is 2. The summed E-state index contributed by atoms with van der Waals surface area (Å²) in [5, 5.41) is 11.2. The molecule has 1 heterocycles. The van der Waals surface area contributed by atoms with Crippen LogP contribution in [0.4, 0.5) is 0 Å². The molecule has 6 rings (SSSR count). The van der Waals surface area contributed by atoms with E-state index >= 15 is 0 Å². The fourth-order valence-corrected chi connectivity index (χ4v) is 5.34. The van der Waals surface area contributed by atoms with E-state index in [0.717, 1.165) is 43.0 Å². The summed E-state index contributed by atoms with van der Waals surface area (Å²) in [6, 6.07) is 7.67. The summed E-state index contributed by atoms with van der Waals surface area (Å²) in [5.74, 6) is 1.25. The van der Waals surface area contributed by atoms with Crippen molar-refractivity contribution in [2.45, 2.75) is 37.6 Å². The molecule has 23 heavy (non-hydrogen) atoms. The molecule has 2 unspecified atom stereocenters. The summed E-state index contributed by atoms with van der Waals surface area (Å²) < 4.78 is 0. The maximum absolute atomic E-state index is 12.8. The zero-order chi connectivity index (χ0) is 15.6. The molecular formula is C18H19N3O2. The van der Waals surface area contributed by atoms with Gasteiger partial charge in [0.25, 0.3) is 5.91 Å². The quantitative estimate of drug-likeness (QED) is 0.894. The number of carbonyl (C=O) groups is 2. The number of para-hydroxylation sites is 1. The maximum Gasteiger partial charge on any atom is 0.272 e. The molecule has 4 fully saturated rings. The summed E-state index contributed by atoms with van der Waals surface area (Å²) >= 11 is 0. The van der Waals surface area contributed by atoms with Crippen LogP contribution in [0.25, 0.3) is 10.9 Å². The molecule has 2 N–H and O–H groups in total. The Kier molecular flexibility index (Phi) is 2.56. The normalized spacial score (nSPS) is 35.0. The zero-order valence-electron chi connectivity index (χ0n) is 12.8. The standard InChI is InChI=1S/C18H19N3O2/c22-16-11-5-10-6-12(16)9-18(7-10,8-11)19-17(23)15-13-3-1-2-4-14(13)20-21-15/h1-4,10-12H,5-9H2,(H,19,23)(H,20,21)/t10?,11-,12+,18?. The Balaban J connectivity index is 1.45. The minimum atomic E-state index is -0.193. The number of aromatic nitrogens is 2. The Morgan fingerprint density at radius 1 is 1.17 bits per heavy atom. The van der Waals surface area contributed by atoms with E-state index < -0.39 is 0 Å². The van der Waals surface area contributed by atoms with Crippen LogP contribution >= 0.6 is 0 Å². The van der Waals surface area contributed by atoms with E-state index in [4.69, 9.17) is 0 Å². The number of benzene rings is 1. The first-order valence-electron chi connectivity index (χ1n) is 8.43. The fraction of sp³-hybridized carbons (Fsp3) is 0.500. The molecule has 0 spiro atoms. The molecule has 5 heteroatoms. The van der Waals surface area contributed by atoms with Crippen molar-refractivity contribution in [3.63, 3.8) is 0 Å². The number of amides is 1. The number of H-pyrrole nitrogens is 1. The van der Waals surface area contributed by atoms with Crippen molar-refractivity contribution >= 4 is 22.6 Å². The number of carbonyl (C=O) groups excluding carboxylic acids is 2. The van der Waals surface area contributed by atoms with Crippen molar-refractivity contribution in [2.24, 2.45) is 17.8 Å². The van der Waals surface area contributed by atoms with Crippen LogP contribution in [0.1, 0.15) is 42.6 Å². The number of nitrogens with zero attached hydrogens (tertiary/aromatic N) is 1. The van der Waals surface area contributed by atoms with Crippen LogP contribution in [0.2, 0.25) is 0 Å². The van der Waals surface area contributed by atoms with Crippen LogP contribution in [0.5, 0.6) is 0 Å². The van der Waals surface area contributed by atoms with Crippen LogP contribution in [0.15, 0.2) is 24.3 Å². The highest BCUT2D eigenvalue weighted by Gasteiger charge is 2.55. The van der Waals surface area contributed by atoms with Gasteiger partial charge < -0.3 is 5.32 Å². The lowest BCUT2D eigenvalue weighted by molar-refractivity contribution is -0.142. The second-order valence-electron chi connectivity index (χ2n) is 7.60. The van der Waals surface area contributed by atoms with Crippen LogP contribution in [0.3, 0.4) is 0 Å². The second-order valence-corrected chi connectivity index (χ2v) is 7.60. The smallest absolute Gasteiger partial charge is 0.272 e. The first-order chi connectivity index (χ1) is 11.1. The highest BCUT2D eigenvalue weighted by atomic mass is 16.2.